The molecule has 12 rings (SSSR count). The first kappa shape index (κ1) is 44.5. The van der Waals surface area contributed by atoms with E-state index in [-0.39, 0.29) is 10.8 Å². The third-order valence-corrected chi connectivity index (χ3v) is 15.0. The van der Waals surface area contributed by atoms with Gasteiger partial charge in [-0.05, 0) is 163 Å². The lowest BCUT2D eigenvalue weighted by molar-refractivity contribution is 0.659. The van der Waals surface area contributed by atoms with E-state index in [4.69, 9.17) is 0 Å². The Kier molecular flexibility index (Phi) is 11.3. The molecule has 0 amide bonds. The lowest BCUT2D eigenvalue weighted by Crippen LogP contribution is -2.17. The summed E-state index contributed by atoms with van der Waals surface area (Å²) in [7, 11) is 0. The number of fused-ring (bicyclic) bond motifs is 6. The topological polar surface area (TPSA) is 6.48 Å². The minimum Gasteiger partial charge on any atom is -0.310 e. The third-order valence-electron chi connectivity index (χ3n) is 15.0. The van der Waals surface area contributed by atoms with Crippen LogP contribution in [0.1, 0.15) is 72.2 Å². The first-order valence-electron chi connectivity index (χ1n) is 25.2. The average molecular weight is 925 g/mol. The molecule has 2 nitrogen and oxygen atoms in total. The van der Waals surface area contributed by atoms with Crippen LogP contribution >= 0.6 is 0 Å². The van der Waals surface area contributed by atoms with E-state index in [0.717, 1.165) is 34.1 Å². The molecule has 0 fully saturated rings. The van der Waals surface area contributed by atoms with Crippen molar-refractivity contribution >= 4 is 58.4 Å². The fourth-order valence-corrected chi connectivity index (χ4v) is 11.1. The summed E-state index contributed by atoms with van der Waals surface area (Å²) >= 11 is 0. The van der Waals surface area contributed by atoms with E-state index in [0.29, 0.717) is 0 Å². The van der Waals surface area contributed by atoms with Crippen LogP contribution in [-0.2, 0) is 10.8 Å². The second kappa shape index (κ2) is 18.2. The zero-order valence-corrected chi connectivity index (χ0v) is 41.3. The Bertz CT molecular complexity index is 3400. The van der Waals surface area contributed by atoms with E-state index >= 15 is 0 Å². The number of hydrogen-bond acceptors (Lipinski definition) is 2. The number of para-hydroxylation sites is 2. The highest BCUT2D eigenvalue weighted by Gasteiger charge is 2.38. The molecule has 0 spiro atoms. The van der Waals surface area contributed by atoms with Crippen LogP contribution in [-0.4, -0.2) is 0 Å². The van der Waals surface area contributed by atoms with E-state index in [2.05, 4.69) is 304 Å². The lowest BCUT2D eigenvalue weighted by Gasteiger charge is -2.28. The predicted octanol–water partition coefficient (Wildman–Crippen LogP) is 19.2. The van der Waals surface area contributed by atoms with Crippen molar-refractivity contribution in [2.24, 2.45) is 0 Å². The number of rotatable bonds is 11. The van der Waals surface area contributed by atoms with Gasteiger partial charge in [0.25, 0.3) is 0 Å². The number of hydrogen-bond donors (Lipinski definition) is 0. The fraction of sp³-hybridized carbons (Fsp3) is 0.0857. The molecule has 0 radical (unpaired) electrons. The summed E-state index contributed by atoms with van der Waals surface area (Å²) in [6.45, 7) is 9.56. The summed E-state index contributed by atoms with van der Waals surface area (Å²) in [6, 6.07) is 88.6. The molecule has 0 bridgehead atoms. The van der Waals surface area contributed by atoms with Crippen molar-refractivity contribution in [1.29, 1.82) is 0 Å². The SMILES string of the molecule is CC1(C)c2cc(-c3ccc4c(c3)C(C)(C)c3cc(N(c5ccccc5)c5ccc(C=Cc6ccccc6)cc5)ccc3-4)ccc2-c2ccc(N(c3ccccc3)c3ccc(C=Cc4ccccc4)cc3)cc21. The molecular weight excluding hydrogens is 869 g/mol. The van der Waals surface area contributed by atoms with Crippen LogP contribution in [0.15, 0.2) is 243 Å². The summed E-state index contributed by atoms with van der Waals surface area (Å²) in [6.07, 6.45) is 8.70. The zero-order chi connectivity index (χ0) is 48.8. The molecular formula is C70H56N2. The third kappa shape index (κ3) is 8.15. The van der Waals surface area contributed by atoms with E-state index < -0.39 is 0 Å². The molecule has 346 valence electrons. The molecule has 0 aliphatic heterocycles. The van der Waals surface area contributed by atoms with Crippen molar-refractivity contribution in [1.82, 2.24) is 0 Å². The molecule has 0 N–H and O–H groups in total. The minimum absolute atomic E-state index is 0.211. The Balaban J connectivity index is 0.835. The Morgan fingerprint density at radius 1 is 0.250 bits per heavy atom. The maximum Gasteiger partial charge on any atom is 0.0465 e. The first-order chi connectivity index (χ1) is 35.2. The van der Waals surface area contributed by atoms with Crippen molar-refractivity contribution in [2.45, 2.75) is 38.5 Å². The van der Waals surface area contributed by atoms with Crippen LogP contribution in [0.25, 0.3) is 57.7 Å². The van der Waals surface area contributed by atoms with Crippen LogP contribution in [0, 0.1) is 0 Å². The normalized spacial score (nSPS) is 13.7. The molecule has 2 aliphatic rings. The lowest BCUT2D eigenvalue weighted by atomic mass is 9.80. The summed E-state index contributed by atoms with van der Waals surface area (Å²) in [5.41, 5.74) is 24.2. The van der Waals surface area contributed by atoms with Gasteiger partial charge in [-0.2, -0.15) is 0 Å². The Labute approximate surface area is 425 Å². The quantitative estimate of drug-likeness (QED) is 0.119. The highest BCUT2D eigenvalue weighted by Crippen LogP contribution is 2.54. The van der Waals surface area contributed by atoms with Crippen LogP contribution in [0.5, 0.6) is 0 Å². The Morgan fingerprint density at radius 2 is 0.514 bits per heavy atom. The van der Waals surface area contributed by atoms with Crippen molar-refractivity contribution < 1.29 is 0 Å². The monoisotopic (exact) mass is 924 g/mol. The van der Waals surface area contributed by atoms with Gasteiger partial charge in [0.05, 0.1) is 0 Å². The average Bonchev–Trinajstić information content (AvgIpc) is 3.80. The molecule has 0 heterocycles. The number of benzene rings is 10. The highest BCUT2D eigenvalue weighted by atomic mass is 15.1. The molecule has 0 saturated heterocycles. The van der Waals surface area contributed by atoms with Gasteiger partial charge in [-0.3, -0.25) is 0 Å². The van der Waals surface area contributed by atoms with Crippen molar-refractivity contribution in [2.75, 3.05) is 9.80 Å². The van der Waals surface area contributed by atoms with Gasteiger partial charge in [0, 0.05) is 45.0 Å². The molecule has 10 aromatic carbocycles. The predicted molar refractivity (Wildman–Crippen MR) is 307 cm³/mol. The smallest absolute Gasteiger partial charge is 0.0465 e. The maximum atomic E-state index is 2.46. The van der Waals surface area contributed by atoms with E-state index in [1.165, 1.54) is 77.9 Å². The van der Waals surface area contributed by atoms with E-state index in [1.54, 1.807) is 0 Å². The van der Waals surface area contributed by atoms with Crippen LogP contribution < -0.4 is 9.80 Å². The maximum absolute atomic E-state index is 2.46. The van der Waals surface area contributed by atoms with E-state index in [9.17, 15) is 0 Å². The molecule has 0 unspecified atom stereocenters. The van der Waals surface area contributed by atoms with Gasteiger partial charge in [0.1, 0.15) is 0 Å². The first-order valence-corrected chi connectivity index (χ1v) is 25.2. The van der Waals surface area contributed by atoms with Gasteiger partial charge >= 0.3 is 0 Å². The van der Waals surface area contributed by atoms with Gasteiger partial charge in [0.15, 0.2) is 0 Å². The van der Waals surface area contributed by atoms with Gasteiger partial charge in [-0.15, -0.1) is 0 Å². The molecule has 2 aliphatic carbocycles. The molecule has 0 atom stereocenters. The second-order valence-corrected chi connectivity index (χ2v) is 20.2. The van der Waals surface area contributed by atoms with Crippen molar-refractivity contribution in [3.63, 3.8) is 0 Å². The van der Waals surface area contributed by atoms with Gasteiger partial charge in [-0.25, -0.2) is 0 Å². The van der Waals surface area contributed by atoms with Crippen LogP contribution in [0.3, 0.4) is 0 Å². The van der Waals surface area contributed by atoms with Crippen molar-refractivity contribution in [3.8, 4) is 33.4 Å². The summed E-state index contributed by atoms with van der Waals surface area (Å²) in [5.74, 6) is 0. The molecule has 0 saturated carbocycles. The summed E-state index contributed by atoms with van der Waals surface area (Å²) < 4.78 is 0. The molecule has 10 aromatic rings. The van der Waals surface area contributed by atoms with Crippen LogP contribution in [0.4, 0.5) is 34.1 Å². The van der Waals surface area contributed by atoms with Gasteiger partial charge in [-0.1, -0.05) is 210 Å². The Morgan fingerprint density at radius 3 is 0.861 bits per heavy atom. The molecule has 72 heavy (non-hydrogen) atoms. The number of nitrogens with zero attached hydrogens (tertiary/aromatic N) is 2. The Hall–Kier alpha value is -8.72. The number of anilines is 6. The zero-order valence-electron chi connectivity index (χ0n) is 41.3. The minimum atomic E-state index is -0.211. The van der Waals surface area contributed by atoms with Crippen LogP contribution in [0.2, 0.25) is 0 Å². The van der Waals surface area contributed by atoms with Gasteiger partial charge < -0.3 is 9.80 Å². The molecule has 0 aromatic heterocycles. The van der Waals surface area contributed by atoms with Gasteiger partial charge in [0.2, 0.25) is 0 Å². The largest absolute Gasteiger partial charge is 0.310 e. The van der Waals surface area contributed by atoms with Crippen molar-refractivity contribution in [3.05, 3.63) is 287 Å². The fourth-order valence-electron chi connectivity index (χ4n) is 11.1. The second-order valence-electron chi connectivity index (χ2n) is 20.2. The van der Waals surface area contributed by atoms with E-state index in [1.807, 2.05) is 0 Å². The summed E-state index contributed by atoms with van der Waals surface area (Å²) in [5, 5.41) is 0. The summed E-state index contributed by atoms with van der Waals surface area (Å²) in [4.78, 5) is 4.76. The molecule has 2 heteroatoms. The standard InChI is InChI=1S/C70H56N2/c1-69(2)65-45-53(33-41-61(65)63-43-39-59(47-67(63)69)71(55-21-13-7-14-22-55)57-35-29-51(30-36-57)27-25-49-17-9-5-10-18-49)54-34-42-62-64-44-40-60(48-68(64)70(3,4)66(62)46-54)72(56-23-15-8-16-24-56)58-37-31-52(32-38-58)28-26-50-19-11-6-12-20-50/h5-48H,1-4H3. The highest BCUT2D eigenvalue weighted by molar-refractivity contribution is 5.90.